The summed E-state index contributed by atoms with van der Waals surface area (Å²) < 4.78 is 20.9. The van der Waals surface area contributed by atoms with E-state index in [0.29, 0.717) is 24.2 Å². The summed E-state index contributed by atoms with van der Waals surface area (Å²) in [5.41, 5.74) is 2.64. The van der Waals surface area contributed by atoms with Crippen molar-refractivity contribution in [3.63, 3.8) is 0 Å². The zero-order chi connectivity index (χ0) is 19.8. The summed E-state index contributed by atoms with van der Waals surface area (Å²) in [5, 5.41) is 13.2. The molecule has 8 heteroatoms. The Labute approximate surface area is 162 Å². The van der Waals surface area contributed by atoms with E-state index in [4.69, 9.17) is 21.8 Å². The molecule has 1 fully saturated rings. The Bertz CT molecular complexity index is 822. The number of carbonyl (C=O) groups is 1. The first-order valence-corrected chi connectivity index (χ1v) is 9.34. The second kappa shape index (κ2) is 7.39. The van der Waals surface area contributed by atoms with Crippen molar-refractivity contribution in [1.82, 2.24) is 10.2 Å². The quantitative estimate of drug-likeness (QED) is 0.531. The fourth-order valence-corrected chi connectivity index (χ4v) is 3.90. The topological polar surface area (TPSA) is 91.7 Å². The molecule has 0 spiro atoms. The number of nitrogens with one attached hydrogen (secondary N) is 1. The van der Waals surface area contributed by atoms with Crippen LogP contribution in [0.25, 0.3) is 11.0 Å². The highest BCUT2D eigenvalue weighted by molar-refractivity contribution is 6.23. The summed E-state index contributed by atoms with van der Waals surface area (Å²) in [5.74, 6) is -0.515. The molecule has 1 amide bonds. The summed E-state index contributed by atoms with van der Waals surface area (Å²) >= 11 is 6.26. The second-order valence-electron chi connectivity index (χ2n) is 7.81. The van der Waals surface area contributed by atoms with E-state index in [1.807, 2.05) is 11.0 Å². The lowest BCUT2D eigenvalue weighted by Gasteiger charge is -2.44. The molecule has 27 heavy (non-hydrogen) atoms. The number of halogens is 2. The zero-order valence-corrected chi connectivity index (χ0v) is 16.2. The molecule has 0 aliphatic carbocycles. The van der Waals surface area contributed by atoms with Gasteiger partial charge < -0.3 is 20.6 Å². The number of fused-ring (bicyclic) bond motifs is 1. The number of aliphatic hydroxyl groups is 1. The normalized spacial score (nSPS) is 25.5. The molecule has 1 saturated heterocycles. The Balaban J connectivity index is 1.69. The van der Waals surface area contributed by atoms with Gasteiger partial charge in [-0.1, -0.05) is 23.7 Å². The summed E-state index contributed by atoms with van der Waals surface area (Å²) in [4.78, 5) is 14.5. The van der Waals surface area contributed by atoms with Crippen LogP contribution < -0.4 is 11.1 Å². The Morgan fingerprint density at radius 3 is 2.96 bits per heavy atom. The maximum atomic E-state index is 15.5. The largest absolute Gasteiger partial charge is 0.464 e. The van der Waals surface area contributed by atoms with E-state index < -0.39 is 28.7 Å². The van der Waals surface area contributed by atoms with Crippen molar-refractivity contribution in [2.24, 2.45) is 5.73 Å². The van der Waals surface area contributed by atoms with Crippen molar-refractivity contribution in [2.75, 3.05) is 19.6 Å². The average Bonchev–Trinajstić information content (AvgIpc) is 3.05. The van der Waals surface area contributed by atoms with Crippen LogP contribution >= 0.6 is 11.6 Å². The molecule has 0 radical (unpaired) electrons. The molecule has 3 atom stereocenters. The van der Waals surface area contributed by atoms with Crippen LogP contribution in [0.2, 0.25) is 0 Å². The number of para-hydroxylation sites is 1. The van der Waals surface area contributed by atoms with E-state index in [2.05, 4.69) is 5.32 Å². The highest BCUT2D eigenvalue weighted by Crippen LogP contribution is 2.32. The van der Waals surface area contributed by atoms with Crippen molar-refractivity contribution >= 4 is 28.5 Å². The van der Waals surface area contributed by atoms with E-state index in [1.54, 1.807) is 32.0 Å². The summed E-state index contributed by atoms with van der Waals surface area (Å²) in [6, 6.07) is 5.99. The lowest BCUT2D eigenvalue weighted by Crippen LogP contribution is -2.65. The molecule has 4 N–H and O–H groups in total. The highest BCUT2D eigenvalue weighted by Gasteiger charge is 2.48. The Hall–Kier alpha value is -1.67. The van der Waals surface area contributed by atoms with Gasteiger partial charge in [-0.3, -0.25) is 9.69 Å². The third-order valence-electron chi connectivity index (χ3n) is 4.90. The zero-order valence-electron chi connectivity index (χ0n) is 15.4. The van der Waals surface area contributed by atoms with Gasteiger partial charge in [-0.25, -0.2) is 4.39 Å². The number of hydrogen-bond donors (Lipinski definition) is 3. The number of benzene rings is 1. The number of piperidine rings is 1. The average molecular weight is 398 g/mol. The van der Waals surface area contributed by atoms with Crippen molar-refractivity contribution in [3.8, 4) is 0 Å². The number of hydrogen-bond acceptors (Lipinski definition) is 5. The molecule has 1 aromatic carbocycles. The van der Waals surface area contributed by atoms with Gasteiger partial charge in [0, 0.05) is 25.0 Å². The van der Waals surface area contributed by atoms with E-state index in [-0.39, 0.29) is 13.0 Å². The van der Waals surface area contributed by atoms with Gasteiger partial charge in [0.1, 0.15) is 11.1 Å². The minimum atomic E-state index is -1.95. The number of β-amino-alcohol motifs (C(OH)–C–C–N with tert-alkyl or cyclic N) is 1. The number of rotatable bonds is 5. The molecule has 148 valence electrons. The van der Waals surface area contributed by atoms with Crippen LogP contribution in [-0.4, -0.2) is 58.4 Å². The van der Waals surface area contributed by atoms with Crippen molar-refractivity contribution in [3.05, 3.63) is 36.1 Å². The van der Waals surface area contributed by atoms with Crippen LogP contribution in [0.1, 0.15) is 30.6 Å². The maximum absolute atomic E-state index is 15.5. The lowest BCUT2D eigenvalue weighted by molar-refractivity contribution is -0.0153. The molecule has 0 bridgehead atoms. The Morgan fingerprint density at radius 2 is 2.30 bits per heavy atom. The first-order chi connectivity index (χ1) is 12.6. The summed E-state index contributed by atoms with van der Waals surface area (Å²) in [6.07, 6.45) is 1.55. The van der Waals surface area contributed by atoms with Gasteiger partial charge in [-0.2, -0.15) is 0 Å². The van der Waals surface area contributed by atoms with Crippen molar-refractivity contribution in [2.45, 2.75) is 43.1 Å². The predicted octanol–water partition coefficient (Wildman–Crippen LogP) is 2.24. The van der Waals surface area contributed by atoms with E-state index in [1.165, 1.54) is 6.26 Å². The molecule has 1 aliphatic rings. The number of furan rings is 1. The second-order valence-corrected chi connectivity index (χ2v) is 8.25. The van der Waals surface area contributed by atoms with Crippen LogP contribution in [0, 0.1) is 0 Å². The first kappa shape index (κ1) is 20.1. The lowest BCUT2D eigenvalue weighted by atomic mass is 9.87. The van der Waals surface area contributed by atoms with Gasteiger partial charge >= 0.3 is 0 Å². The van der Waals surface area contributed by atoms with Gasteiger partial charge in [-0.15, -0.1) is 0 Å². The molecule has 6 nitrogen and oxygen atoms in total. The Morgan fingerprint density at radius 1 is 1.56 bits per heavy atom. The number of nitrogens with two attached hydrogens (primary N) is 1. The van der Waals surface area contributed by atoms with E-state index in [0.717, 1.165) is 5.39 Å². The molecule has 1 aromatic heterocycles. The van der Waals surface area contributed by atoms with Gasteiger partial charge in [0.15, 0.2) is 5.67 Å². The first-order valence-electron chi connectivity index (χ1n) is 8.90. The van der Waals surface area contributed by atoms with Crippen molar-refractivity contribution < 1.29 is 18.7 Å². The number of alkyl halides is 2. The number of nitrogens with zero attached hydrogens (tertiary/aromatic N) is 1. The fraction of sp³-hybridized carbons (Fsp3) is 0.526. The third-order valence-corrected chi connectivity index (χ3v) is 5.37. The number of amides is 1. The van der Waals surface area contributed by atoms with Gasteiger partial charge in [0.2, 0.25) is 0 Å². The van der Waals surface area contributed by atoms with Gasteiger partial charge in [-0.05, 0) is 32.4 Å². The van der Waals surface area contributed by atoms with Crippen LogP contribution in [0.5, 0.6) is 0 Å². The molecule has 3 rings (SSSR count). The molecular weight excluding hydrogens is 373 g/mol. The van der Waals surface area contributed by atoms with Crippen LogP contribution in [-0.2, 0) is 0 Å². The van der Waals surface area contributed by atoms with E-state index in [9.17, 15) is 9.90 Å². The monoisotopic (exact) mass is 397 g/mol. The Kier molecular flexibility index (Phi) is 5.49. The van der Waals surface area contributed by atoms with Crippen LogP contribution in [0.15, 0.2) is 34.9 Å². The predicted molar refractivity (Wildman–Crippen MR) is 102 cm³/mol. The smallest absolute Gasteiger partial charge is 0.256 e. The van der Waals surface area contributed by atoms with E-state index >= 15 is 4.39 Å². The minimum Gasteiger partial charge on any atom is -0.464 e. The number of likely N-dealkylation sites (tertiary alicyclic amines) is 1. The summed E-state index contributed by atoms with van der Waals surface area (Å²) in [6.45, 7) is 4.40. The minimum absolute atomic E-state index is 0.0592. The summed E-state index contributed by atoms with van der Waals surface area (Å²) in [7, 11) is 0. The van der Waals surface area contributed by atoms with Crippen LogP contribution in [0.3, 0.4) is 0 Å². The molecule has 1 aliphatic heterocycles. The molecule has 2 heterocycles. The molecular formula is C19H25ClFN3O3. The highest BCUT2D eigenvalue weighted by atomic mass is 35.5. The fourth-order valence-electron chi connectivity index (χ4n) is 3.53. The standard InChI is InChI=1S/C19H25ClFN3O3/c1-18(2,26)11-24-8-7-19(21,14(22)10-24)17(20)23-16(25)13-5-3-4-12-6-9-27-15(12)13/h3-6,9,14,17,26H,7-8,10-11,22H2,1-2H3,(H,23,25). The maximum Gasteiger partial charge on any atom is 0.256 e. The SMILES string of the molecule is CC(C)(O)CN1CCC(F)(C(Cl)NC(=O)c2cccc3ccoc23)C(N)C1. The molecule has 2 aromatic rings. The van der Waals surface area contributed by atoms with Crippen LogP contribution in [0.4, 0.5) is 4.39 Å². The molecule has 0 saturated carbocycles. The van der Waals surface area contributed by atoms with Crippen molar-refractivity contribution in [1.29, 1.82) is 0 Å². The van der Waals surface area contributed by atoms with Gasteiger partial charge in [0.05, 0.1) is 23.5 Å². The number of carbonyl (C=O) groups excluding carboxylic acids is 1. The third kappa shape index (κ3) is 4.27. The van der Waals surface area contributed by atoms with Gasteiger partial charge in [0.25, 0.3) is 5.91 Å². The molecule has 3 unspecified atom stereocenters.